The Morgan fingerprint density at radius 1 is 1.22 bits per heavy atom. The summed E-state index contributed by atoms with van der Waals surface area (Å²) in [5, 5.41) is 0. The third kappa shape index (κ3) is 3.99. The summed E-state index contributed by atoms with van der Waals surface area (Å²) in [6.07, 6.45) is 0.880. The maximum atomic E-state index is 13.3. The Balaban J connectivity index is 2.08. The lowest BCUT2D eigenvalue weighted by atomic mass is 10.2. The van der Waals surface area contributed by atoms with Gasteiger partial charge in [0.2, 0.25) is 5.91 Å². The molecule has 2 aromatic rings. The van der Waals surface area contributed by atoms with Crippen molar-refractivity contribution in [3.63, 3.8) is 0 Å². The number of nitrogens with zero attached hydrogens (tertiary/aromatic N) is 2. The van der Waals surface area contributed by atoms with Gasteiger partial charge in [-0.15, -0.1) is 11.8 Å². The number of thioether (sulfide) groups is 1. The van der Waals surface area contributed by atoms with Crippen molar-refractivity contribution in [3.8, 4) is 0 Å². The largest absolute Gasteiger partial charge is 0.311 e. The number of fused-ring (bicyclic) bond motifs is 1. The molecule has 27 heavy (non-hydrogen) atoms. The van der Waals surface area contributed by atoms with Crippen LogP contribution in [-0.2, 0) is 14.8 Å². The van der Waals surface area contributed by atoms with Gasteiger partial charge in [0.15, 0.2) is 0 Å². The highest BCUT2D eigenvalue weighted by atomic mass is 32.2. The summed E-state index contributed by atoms with van der Waals surface area (Å²) in [5.74, 6) is 0.840. The smallest absolute Gasteiger partial charge is 0.264 e. The molecule has 0 aliphatic carbocycles. The van der Waals surface area contributed by atoms with Crippen molar-refractivity contribution in [2.45, 2.75) is 37.0 Å². The molecule has 5 nitrogen and oxygen atoms in total. The van der Waals surface area contributed by atoms with Crippen LogP contribution in [0.2, 0.25) is 0 Å². The summed E-state index contributed by atoms with van der Waals surface area (Å²) < 4.78 is 28.1. The number of amides is 1. The number of hydrogen-bond donors (Lipinski definition) is 0. The summed E-state index contributed by atoms with van der Waals surface area (Å²) >= 11 is 1.66. The van der Waals surface area contributed by atoms with E-state index >= 15 is 0 Å². The third-order valence-corrected chi connectivity index (χ3v) is 7.60. The van der Waals surface area contributed by atoms with Gasteiger partial charge in [0, 0.05) is 24.9 Å². The molecule has 1 heterocycles. The van der Waals surface area contributed by atoms with Crippen molar-refractivity contribution in [2.75, 3.05) is 28.0 Å². The van der Waals surface area contributed by atoms with Crippen LogP contribution < -0.4 is 9.21 Å². The van der Waals surface area contributed by atoms with Crippen LogP contribution in [-0.4, -0.2) is 33.2 Å². The molecule has 0 saturated carbocycles. The van der Waals surface area contributed by atoms with Gasteiger partial charge < -0.3 is 4.90 Å². The molecule has 0 atom stereocenters. The lowest BCUT2D eigenvalue weighted by Crippen LogP contribution is -2.32. The molecule has 7 heteroatoms. The molecule has 0 fully saturated rings. The number of aryl methyl sites for hydroxylation is 1. The van der Waals surface area contributed by atoms with E-state index in [2.05, 4.69) is 0 Å². The van der Waals surface area contributed by atoms with E-state index in [1.54, 1.807) is 34.9 Å². The quantitative estimate of drug-likeness (QED) is 0.771. The molecular formula is C20H24N2O3S2. The maximum absolute atomic E-state index is 13.3. The standard InChI is InChI=1S/C20H24N2O3S2/c1-4-22(17-8-5-7-15(2)13-17)27(24,25)18-9-10-20-19(14-18)21(16(3)23)11-6-12-26-20/h5,7-10,13-14H,4,6,11-12H2,1-3H3. The number of benzene rings is 2. The van der Waals surface area contributed by atoms with E-state index in [9.17, 15) is 13.2 Å². The van der Waals surface area contributed by atoms with E-state index in [0.717, 1.165) is 22.6 Å². The van der Waals surface area contributed by atoms with Crippen LogP contribution >= 0.6 is 11.8 Å². The number of sulfonamides is 1. The zero-order valence-corrected chi connectivity index (χ0v) is 17.4. The molecule has 1 aliphatic rings. The van der Waals surface area contributed by atoms with Gasteiger partial charge in [0.05, 0.1) is 16.3 Å². The van der Waals surface area contributed by atoms with E-state index in [1.165, 1.54) is 11.2 Å². The second-order valence-electron chi connectivity index (χ2n) is 6.51. The SMILES string of the molecule is CCN(c1cccc(C)c1)S(=O)(=O)c1ccc2c(c1)N(C(C)=O)CCCS2. The lowest BCUT2D eigenvalue weighted by molar-refractivity contribution is -0.116. The lowest BCUT2D eigenvalue weighted by Gasteiger charge is -2.25. The Bertz CT molecular complexity index is 957. The van der Waals surface area contributed by atoms with Gasteiger partial charge in [-0.25, -0.2) is 8.42 Å². The highest BCUT2D eigenvalue weighted by Crippen LogP contribution is 2.36. The minimum atomic E-state index is -3.73. The van der Waals surface area contributed by atoms with Crippen molar-refractivity contribution in [3.05, 3.63) is 48.0 Å². The Labute approximate surface area is 165 Å². The molecule has 0 unspecified atom stereocenters. The number of rotatable bonds is 4. The van der Waals surface area contributed by atoms with Crippen LogP contribution in [0, 0.1) is 6.92 Å². The van der Waals surface area contributed by atoms with Gasteiger partial charge in [-0.2, -0.15) is 0 Å². The predicted octanol–water partition coefficient (Wildman–Crippen LogP) is 4.06. The molecule has 0 aromatic heterocycles. The van der Waals surface area contributed by atoms with E-state index in [0.29, 0.717) is 24.5 Å². The van der Waals surface area contributed by atoms with Gasteiger partial charge in [-0.05, 0) is 61.9 Å². The number of anilines is 2. The first-order chi connectivity index (χ1) is 12.8. The Morgan fingerprint density at radius 2 is 2.00 bits per heavy atom. The normalized spacial score (nSPS) is 14.4. The maximum Gasteiger partial charge on any atom is 0.264 e. The Morgan fingerprint density at radius 3 is 2.67 bits per heavy atom. The summed E-state index contributed by atoms with van der Waals surface area (Å²) in [6, 6.07) is 12.6. The van der Waals surface area contributed by atoms with Gasteiger partial charge in [-0.1, -0.05) is 12.1 Å². The third-order valence-electron chi connectivity index (χ3n) is 4.55. The molecule has 1 amide bonds. The monoisotopic (exact) mass is 404 g/mol. The van der Waals surface area contributed by atoms with Crippen LogP contribution in [0.3, 0.4) is 0 Å². The Hall–Kier alpha value is -1.99. The fraction of sp³-hybridized carbons (Fsp3) is 0.350. The second-order valence-corrected chi connectivity index (χ2v) is 9.51. The van der Waals surface area contributed by atoms with Gasteiger partial charge in [0.25, 0.3) is 10.0 Å². The van der Waals surface area contributed by atoms with E-state index in [-0.39, 0.29) is 10.8 Å². The van der Waals surface area contributed by atoms with Crippen LogP contribution in [0.4, 0.5) is 11.4 Å². The molecule has 0 bridgehead atoms. The van der Waals surface area contributed by atoms with Crippen LogP contribution in [0.1, 0.15) is 25.8 Å². The molecule has 0 N–H and O–H groups in total. The molecule has 144 valence electrons. The van der Waals surface area contributed by atoms with Crippen molar-refractivity contribution in [1.82, 2.24) is 0 Å². The van der Waals surface area contributed by atoms with Gasteiger partial charge in [-0.3, -0.25) is 9.10 Å². The second kappa shape index (κ2) is 7.94. The highest BCUT2D eigenvalue weighted by molar-refractivity contribution is 7.99. The van der Waals surface area contributed by atoms with Gasteiger partial charge >= 0.3 is 0 Å². The first-order valence-electron chi connectivity index (χ1n) is 8.99. The molecule has 3 rings (SSSR count). The van der Waals surface area contributed by atoms with Crippen molar-refractivity contribution in [2.24, 2.45) is 0 Å². The van der Waals surface area contributed by atoms with Crippen LogP contribution in [0.5, 0.6) is 0 Å². The fourth-order valence-corrected chi connectivity index (χ4v) is 5.71. The summed E-state index contributed by atoms with van der Waals surface area (Å²) in [5.41, 5.74) is 2.33. The minimum absolute atomic E-state index is 0.0701. The topological polar surface area (TPSA) is 57.7 Å². The van der Waals surface area contributed by atoms with Crippen molar-refractivity contribution in [1.29, 1.82) is 0 Å². The number of carbonyl (C=O) groups excluding carboxylic acids is 1. The highest BCUT2D eigenvalue weighted by Gasteiger charge is 2.27. The zero-order chi connectivity index (χ0) is 19.6. The van der Waals surface area contributed by atoms with Crippen molar-refractivity contribution < 1.29 is 13.2 Å². The molecular weight excluding hydrogens is 380 g/mol. The van der Waals surface area contributed by atoms with E-state index in [1.807, 2.05) is 38.1 Å². The molecule has 0 radical (unpaired) electrons. The first kappa shape index (κ1) is 19.8. The molecule has 0 spiro atoms. The predicted molar refractivity (Wildman–Crippen MR) is 111 cm³/mol. The van der Waals surface area contributed by atoms with Gasteiger partial charge in [0.1, 0.15) is 0 Å². The van der Waals surface area contributed by atoms with Crippen LogP contribution in [0.25, 0.3) is 0 Å². The zero-order valence-electron chi connectivity index (χ0n) is 15.8. The molecule has 1 aliphatic heterocycles. The minimum Gasteiger partial charge on any atom is -0.311 e. The average molecular weight is 405 g/mol. The summed E-state index contributed by atoms with van der Waals surface area (Å²) in [7, 11) is -3.73. The molecule has 2 aromatic carbocycles. The number of carbonyl (C=O) groups is 1. The number of hydrogen-bond acceptors (Lipinski definition) is 4. The summed E-state index contributed by atoms with van der Waals surface area (Å²) in [6.45, 7) is 6.21. The average Bonchev–Trinajstić information content (AvgIpc) is 2.84. The summed E-state index contributed by atoms with van der Waals surface area (Å²) in [4.78, 5) is 14.9. The van der Waals surface area contributed by atoms with Crippen molar-refractivity contribution >= 4 is 39.1 Å². The Kier molecular flexibility index (Phi) is 5.81. The first-order valence-corrected chi connectivity index (χ1v) is 11.4. The van der Waals surface area contributed by atoms with Crippen LogP contribution in [0.15, 0.2) is 52.3 Å². The van der Waals surface area contributed by atoms with E-state index < -0.39 is 10.0 Å². The molecule has 0 saturated heterocycles. The van der Waals surface area contributed by atoms with E-state index in [4.69, 9.17) is 0 Å². The fourth-order valence-electron chi connectivity index (χ4n) is 3.24.